The van der Waals surface area contributed by atoms with Crippen LogP contribution in [0.25, 0.3) is 0 Å². The van der Waals surface area contributed by atoms with Gasteiger partial charge >= 0.3 is 0 Å². The van der Waals surface area contributed by atoms with Gasteiger partial charge in [0.2, 0.25) is 5.91 Å². The van der Waals surface area contributed by atoms with Gasteiger partial charge in [-0.3, -0.25) is 4.79 Å². The zero-order valence-electron chi connectivity index (χ0n) is 30.9. The van der Waals surface area contributed by atoms with Crippen LogP contribution in [0.2, 0.25) is 0 Å². The minimum atomic E-state index is -1.57. The molecular weight excluding hydrogens is 622 g/mol. The lowest BCUT2D eigenvalue weighted by atomic mass is 9.99. The predicted octanol–water partition coefficient (Wildman–Crippen LogP) is 6.94. The van der Waals surface area contributed by atoms with Crippen molar-refractivity contribution in [3.8, 4) is 0 Å². The Morgan fingerprint density at radius 2 is 1.16 bits per heavy atom. The van der Waals surface area contributed by atoms with Gasteiger partial charge < -0.3 is 40.3 Å². The second-order valence-corrected chi connectivity index (χ2v) is 13.7. The summed E-state index contributed by atoms with van der Waals surface area (Å²) in [6, 6.07) is -0.821. The topological polar surface area (TPSA) is 149 Å². The third-order valence-electron chi connectivity index (χ3n) is 9.20. The molecular formula is C40H73NO8. The molecule has 1 rings (SSSR count). The fourth-order valence-corrected chi connectivity index (χ4v) is 5.94. The number of hydrogen-bond donors (Lipinski definition) is 6. The summed E-state index contributed by atoms with van der Waals surface area (Å²) in [5.41, 5.74) is 0. The summed E-state index contributed by atoms with van der Waals surface area (Å²) >= 11 is 0. The molecule has 0 saturated carbocycles. The van der Waals surface area contributed by atoms with Gasteiger partial charge in [-0.05, 0) is 38.5 Å². The first kappa shape index (κ1) is 45.4. The molecule has 0 spiro atoms. The number of allylic oxidation sites excluding steroid dienone is 5. The van der Waals surface area contributed by atoms with Crippen molar-refractivity contribution in [3.63, 3.8) is 0 Å². The van der Waals surface area contributed by atoms with E-state index in [9.17, 15) is 30.3 Å². The molecule has 49 heavy (non-hydrogen) atoms. The Kier molecular flexibility index (Phi) is 28.9. The predicted molar refractivity (Wildman–Crippen MR) is 198 cm³/mol. The highest BCUT2D eigenvalue weighted by Gasteiger charge is 2.44. The van der Waals surface area contributed by atoms with Crippen LogP contribution in [0.5, 0.6) is 0 Å². The number of amides is 1. The highest BCUT2D eigenvalue weighted by Crippen LogP contribution is 2.22. The van der Waals surface area contributed by atoms with Crippen molar-refractivity contribution in [1.82, 2.24) is 5.32 Å². The molecule has 1 aliphatic heterocycles. The first-order valence-corrected chi connectivity index (χ1v) is 19.7. The minimum Gasteiger partial charge on any atom is -0.394 e. The van der Waals surface area contributed by atoms with Crippen molar-refractivity contribution in [1.29, 1.82) is 0 Å². The maximum Gasteiger partial charge on any atom is 0.220 e. The van der Waals surface area contributed by atoms with Crippen molar-refractivity contribution < 1.29 is 39.8 Å². The van der Waals surface area contributed by atoms with Gasteiger partial charge in [0.05, 0.1) is 25.4 Å². The summed E-state index contributed by atoms with van der Waals surface area (Å²) in [6.07, 6.45) is 29.0. The number of rotatable bonds is 31. The van der Waals surface area contributed by atoms with Gasteiger partial charge in [-0.1, -0.05) is 147 Å². The van der Waals surface area contributed by atoms with E-state index >= 15 is 0 Å². The summed E-state index contributed by atoms with van der Waals surface area (Å²) in [7, 11) is 0. The lowest BCUT2D eigenvalue weighted by molar-refractivity contribution is -0.302. The molecule has 1 heterocycles. The quantitative estimate of drug-likeness (QED) is 0.0338. The number of nitrogens with one attached hydrogen (secondary N) is 1. The largest absolute Gasteiger partial charge is 0.394 e. The molecule has 1 amide bonds. The number of ether oxygens (including phenoxy) is 2. The summed E-state index contributed by atoms with van der Waals surface area (Å²) in [6.45, 7) is 3.67. The third-order valence-corrected chi connectivity index (χ3v) is 9.20. The molecule has 6 N–H and O–H groups in total. The van der Waals surface area contributed by atoms with Gasteiger partial charge in [0.15, 0.2) is 6.29 Å². The fourth-order valence-electron chi connectivity index (χ4n) is 5.94. The SMILES string of the molecule is CCCC/C=C/CC/C=C/CC/C=C/C(O)C(COC1OC(CO)C(O)C(O)C1O)NC(=O)CCCCCCCCCCCCCCCC. The number of carbonyl (C=O) groups is 1. The molecule has 1 aliphatic rings. The van der Waals surface area contributed by atoms with Gasteiger partial charge in [0, 0.05) is 6.42 Å². The Morgan fingerprint density at radius 1 is 0.673 bits per heavy atom. The normalized spacial score (nSPS) is 22.8. The number of aliphatic hydroxyl groups excluding tert-OH is 5. The van der Waals surface area contributed by atoms with Crippen LogP contribution in [0, 0.1) is 0 Å². The van der Waals surface area contributed by atoms with Crippen LogP contribution in [0.1, 0.15) is 155 Å². The zero-order chi connectivity index (χ0) is 36.0. The molecule has 9 nitrogen and oxygen atoms in total. The molecule has 9 heteroatoms. The Bertz CT molecular complexity index is 863. The first-order chi connectivity index (χ1) is 23.8. The maximum absolute atomic E-state index is 12.9. The average molecular weight is 696 g/mol. The molecule has 1 saturated heterocycles. The van der Waals surface area contributed by atoms with Gasteiger partial charge in [-0.25, -0.2) is 0 Å². The van der Waals surface area contributed by atoms with Crippen LogP contribution in [0.15, 0.2) is 36.5 Å². The van der Waals surface area contributed by atoms with Crippen LogP contribution in [0.3, 0.4) is 0 Å². The molecule has 0 radical (unpaired) electrons. The highest BCUT2D eigenvalue weighted by atomic mass is 16.7. The molecule has 0 aromatic carbocycles. The van der Waals surface area contributed by atoms with E-state index in [1.165, 1.54) is 83.5 Å². The Hall–Kier alpha value is -1.59. The molecule has 0 aromatic rings. The standard InChI is InChI=1S/C40H73NO8/c1-3-5-7-9-11-13-15-17-18-20-22-24-26-28-30-36(44)41-33(32-48-40-39(47)38(46)37(45)35(31-42)49-40)34(43)29-27-25-23-21-19-16-14-12-10-8-6-4-2/h10,12,19,21,27,29,33-35,37-40,42-43,45-47H,3-9,11,13-18,20,22-26,28,30-32H2,1-2H3,(H,41,44)/b12-10+,21-19+,29-27+. The molecule has 286 valence electrons. The van der Waals surface area contributed by atoms with E-state index in [0.29, 0.717) is 6.42 Å². The monoisotopic (exact) mass is 696 g/mol. The fraction of sp³-hybridized carbons (Fsp3) is 0.825. The van der Waals surface area contributed by atoms with E-state index in [-0.39, 0.29) is 12.5 Å². The number of hydrogen-bond acceptors (Lipinski definition) is 8. The number of aliphatic hydroxyl groups is 5. The van der Waals surface area contributed by atoms with Gasteiger partial charge in [-0.2, -0.15) is 0 Å². The van der Waals surface area contributed by atoms with E-state index < -0.39 is 49.5 Å². The highest BCUT2D eigenvalue weighted by molar-refractivity contribution is 5.76. The molecule has 7 atom stereocenters. The lowest BCUT2D eigenvalue weighted by Gasteiger charge is -2.40. The summed E-state index contributed by atoms with van der Waals surface area (Å²) in [5, 5.41) is 53.9. The van der Waals surface area contributed by atoms with Crippen LogP contribution in [0.4, 0.5) is 0 Å². The second kappa shape index (κ2) is 31.2. The maximum atomic E-state index is 12.9. The van der Waals surface area contributed by atoms with Gasteiger partial charge in [0.1, 0.15) is 24.4 Å². The number of unbranched alkanes of at least 4 members (excludes halogenated alkanes) is 17. The number of carbonyl (C=O) groups excluding carboxylic acids is 1. The molecule has 7 unspecified atom stereocenters. The molecule has 0 bridgehead atoms. The van der Waals surface area contributed by atoms with Crippen molar-refractivity contribution in [2.45, 2.75) is 198 Å². The summed E-state index contributed by atoms with van der Waals surface area (Å²) < 4.78 is 11.1. The second-order valence-electron chi connectivity index (χ2n) is 13.7. The Balaban J connectivity index is 2.47. The minimum absolute atomic E-state index is 0.194. The van der Waals surface area contributed by atoms with E-state index in [4.69, 9.17) is 9.47 Å². The smallest absolute Gasteiger partial charge is 0.220 e. The zero-order valence-corrected chi connectivity index (χ0v) is 30.9. The van der Waals surface area contributed by atoms with Crippen molar-refractivity contribution in [2.24, 2.45) is 0 Å². The average Bonchev–Trinajstić information content (AvgIpc) is 3.10. The lowest BCUT2D eigenvalue weighted by Crippen LogP contribution is -2.60. The first-order valence-electron chi connectivity index (χ1n) is 19.7. The van der Waals surface area contributed by atoms with Crippen LogP contribution < -0.4 is 5.32 Å². The Morgan fingerprint density at radius 3 is 1.69 bits per heavy atom. The summed E-state index contributed by atoms with van der Waals surface area (Å²) in [5.74, 6) is -0.194. The Labute approximate surface area is 298 Å². The van der Waals surface area contributed by atoms with E-state index in [1.54, 1.807) is 6.08 Å². The van der Waals surface area contributed by atoms with Crippen LogP contribution in [-0.2, 0) is 14.3 Å². The van der Waals surface area contributed by atoms with E-state index in [1.807, 2.05) is 6.08 Å². The molecule has 0 aliphatic carbocycles. The van der Waals surface area contributed by atoms with Gasteiger partial charge in [-0.15, -0.1) is 0 Å². The molecule has 0 aromatic heterocycles. The van der Waals surface area contributed by atoms with Crippen molar-refractivity contribution in [2.75, 3.05) is 13.2 Å². The van der Waals surface area contributed by atoms with Crippen molar-refractivity contribution in [3.05, 3.63) is 36.5 Å². The summed E-state index contributed by atoms with van der Waals surface area (Å²) in [4.78, 5) is 12.9. The van der Waals surface area contributed by atoms with E-state index in [0.717, 1.165) is 51.4 Å². The van der Waals surface area contributed by atoms with E-state index in [2.05, 4.69) is 43.5 Å². The van der Waals surface area contributed by atoms with Crippen LogP contribution in [-0.4, -0.2) is 87.5 Å². The molecule has 1 fully saturated rings. The van der Waals surface area contributed by atoms with Crippen LogP contribution >= 0.6 is 0 Å². The van der Waals surface area contributed by atoms with Crippen molar-refractivity contribution >= 4 is 5.91 Å². The van der Waals surface area contributed by atoms with Gasteiger partial charge in [0.25, 0.3) is 0 Å². The third kappa shape index (κ3) is 22.8.